The van der Waals surface area contributed by atoms with E-state index >= 15 is 0 Å². The molecular weight excluding hydrogens is 282 g/mol. The average molecular weight is 307 g/mol. The molecule has 0 aliphatic heterocycles. The first-order valence-corrected chi connectivity index (χ1v) is 8.19. The Balaban J connectivity index is 2.51. The Morgan fingerprint density at radius 1 is 0.826 bits per heavy atom. The summed E-state index contributed by atoms with van der Waals surface area (Å²) in [4.78, 5) is 17.3. The fourth-order valence-electron chi connectivity index (χ4n) is 2.66. The first kappa shape index (κ1) is 17.1. The Hall–Kier alpha value is -2.22. The number of carbonyl (C=O) groups excluding carboxylic acids is 1. The number of nitrogens with zero attached hydrogens (tertiary/aromatic N) is 1. The van der Waals surface area contributed by atoms with Crippen molar-refractivity contribution in [1.29, 1.82) is 0 Å². The molecular formula is C21H25NO. The van der Waals surface area contributed by atoms with Crippen LogP contribution in [0.2, 0.25) is 0 Å². The molecule has 0 aliphatic rings. The van der Waals surface area contributed by atoms with E-state index in [9.17, 15) is 4.79 Å². The van der Waals surface area contributed by atoms with Gasteiger partial charge in [-0.05, 0) is 29.9 Å². The Morgan fingerprint density at radius 3 is 1.83 bits per heavy atom. The molecule has 2 heteroatoms. The van der Waals surface area contributed by atoms with E-state index in [1.54, 1.807) is 6.92 Å². The molecule has 0 atom stereocenters. The monoisotopic (exact) mass is 307 g/mol. The summed E-state index contributed by atoms with van der Waals surface area (Å²) in [5, 5.41) is 0. The normalized spacial score (nSPS) is 12.0. The standard InChI is InChI=1S/C21H25NO/c1-14(2)18-12-9-13-19(15(3)4)20(18)22-16(5)21(23)17-10-7-6-8-11-17/h6-15H,1-5H3. The summed E-state index contributed by atoms with van der Waals surface area (Å²) in [6, 6.07) is 15.6. The number of Topliss-reactive ketones (excluding diaryl/α,β-unsaturated/α-hetero) is 1. The van der Waals surface area contributed by atoms with Gasteiger partial charge < -0.3 is 0 Å². The van der Waals surface area contributed by atoms with E-state index < -0.39 is 0 Å². The van der Waals surface area contributed by atoms with Crippen molar-refractivity contribution in [3.05, 3.63) is 65.2 Å². The van der Waals surface area contributed by atoms with E-state index in [1.165, 1.54) is 11.1 Å². The molecule has 0 fully saturated rings. The number of benzene rings is 2. The number of ketones is 1. The van der Waals surface area contributed by atoms with E-state index in [4.69, 9.17) is 4.99 Å². The second kappa shape index (κ2) is 7.36. The third-order valence-electron chi connectivity index (χ3n) is 3.99. The molecule has 0 amide bonds. The molecule has 0 radical (unpaired) electrons. The van der Waals surface area contributed by atoms with Gasteiger partial charge in [-0.2, -0.15) is 0 Å². The van der Waals surface area contributed by atoms with Gasteiger partial charge in [0, 0.05) is 5.56 Å². The minimum atomic E-state index is -0.0149. The maximum atomic E-state index is 12.6. The molecule has 0 aromatic heterocycles. The van der Waals surface area contributed by atoms with Gasteiger partial charge in [0.15, 0.2) is 0 Å². The Labute approximate surface area is 139 Å². The second-order valence-corrected chi connectivity index (χ2v) is 6.49. The zero-order chi connectivity index (χ0) is 17.0. The van der Waals surface area contributed by atoms with Gasteiger partial charge in [0.25, 0.3) is 0 Å². The lowest BCUT2D eigenvalue weighted by Crippen LogP contribution is -2.10. The van der Waals surface area contributed by atoms with Crippen LogP contribution in [0.4, 0.5) is 5.69 Å². The zero-order valence-corrected chi connectivity index (χ0v) is 14.6. The van der Waals surface area contributed by atoms with Crippen molar-refractivity contribution in [2.75, 3.05) is 0 Å². The highest BCUT2D eigenvalue weighted by molar-refractivity contribution is 6.45. The van der Waals surface area contributed by atoms with E-state index in [0.717, 1.165) is 5.69 Å². The minimum absolute atomic E-state index is 0.0149. The van der Waals surface area contributed by atoms with Crippen molar-refractivity contribution >= 4 is 17.2 Å². The highest BCUT2D eigenvalue weighted by Crippen LogP contribution is 2.34. The average Bonchev–Trinajstić information content (AvgIpc) is 2.54. The van der Waals surface area contributed by atoms with Crippen molar-refractivity contribution in [2.45, 2.75) is 46.5 Å². The molecule has 0 unspecified atom stereocenters. The van der Waals surface area contributed by atoms with Crippen LogP contribution < -0.4 is 0 Å². The van der Waals surface area contributed by atoms with Gasteiger partial charge in [-0.25, -0.2) is 4.99 Å². The van der Waals surface area contributed by atoms with Crippen LogP contribution in [-0.2, 0) is 0 Å². The molecule has 0 saturated heterocycles. The van der Waals surface area contributed by atoms with Gasteiger partial charge in [0.1, 0.15) is 0 Å². The van der Waals surface area contributed by atoms with Gasteiger partial charge in [-0.1, -0.05) is 76.2 Å². The molecule has 2 rings (SSSR count). The lowest BCUT2D eigenvalue weighted by atomic mass is 9.92. The molecule has 0 heterocycles. The maximum Gasteiger partial charge on any atom is 0.206 e. The number of aliphatic imine (C=N–C) groups is 1. The van der Waals surface area contributed by atoms with Gasteiger partial charge in [0.05, 0.1) is 11.4 Å². The van der Waals surface area contributed by atoms with Crippen LogP contribution in [-0.4, -0.2) is 11.5 Å². The van der Waals surface area contributed by atoms with E-state index in [1.807, 2.05) is 30.3 Å². The highest BCUT2D eigenvalue weighted by Gasteiger charge is 2.15. The number of hydrogen-bond donors (Lipinski definition) is 0. The molecule has 0 spiro atoms. The van der Waals surface area contributed by atoms with Crippen LogP contribution in [0.5, 0.6) is 0 Å². The summed E-state index contributed by atoms with van der Waals surface area (Å²) < 4.78 is 0. The third kappa shape index (κ3) is 3.95. The lowest BCUT2D eigenvalue weighted by molar-refractivity contribution is 0.106. The van der Waals surface area contributed by atoms with Gasteiger partial charge in [-0.15, -0.1) is 0 Å². The Bertz CT molecular complexity index is 686. The van der Waals surface area contributed by atoms with Crippen LogP contribution >= 0.6 is 0 Å². The number of para-hydroxylation sites is 1. The number of hydrogen-bond acceptors (Lipinski definition) is 2. The quantitative estimate of drug-likeness (QED) is 0.499. The van der Waals surface area contributed by atoms with Crippen molar-refractivity contribution in [1.82, 2.24) is 0 Å². The first-order valence-electron chi connectivity index (χ1n) is 8.19. The zero-order valence-electron chi connectivity index (χ0n) is 14.6. The molecule has 0 aliphatic carbocycles. The smallest absolute Gasteiger partial charge is 0.206 e. The minimum Gasteiger partial charge on any atom is -0.287 e. The number of rotatable bonds is 5. The summed E-state index contributed by atoms with van der Waals surface area (Å²) in [5.74, 6) is 0.720. The molecule has 2 aromatic rings. The maximum absolute atomic E-state index is 12.6. The highest BCUT2D eigenvalue weighted by atomic mass is 16.1. The van der Waals surface area contributed by atoms with Gasteiger partial charge in [0.2, 0.25) is 5.78 Å². The molecule has 0 saturated carbocycles. The molecule has 2 aromatic carbocycles. The van der Waals surface area contributed by atoms with Crippen molar-refractivity contribution in [3.8, 4) is 0 Å². The third-order valence-corrected chi connectivity index (χ3v) is 3.99. The number of carbonyl (C=O) groups is 1. The van der Waals surface area contributed by atoms with E-state index in [-0.39, 0.29) is 5.78 Å². The largest absolute Gasteiger partial charge is 0.287 e. The van der Waals surface area contributed by atoms with E-state index in [2.05, 4.69) is 45.9 Å². The van der Waals surface area contributed by atoms with Crippen molar-refractivity contribution < 1.29 is 4.79 Å². The fraction of sp³-hybridized carbons (Fsp3) is 0.333. The summed E-state index contributed by atoms with van der Waals surface area (Å²) >= 11 is 0. The fourth-order valence-corrected chi connectivity index (χ4v) is 2.66. The van der Waals surface area contributed by atoms with Crippen LogP contribution in [0.15, 0.2) is 53.5 Å². The van der Waals surface area contributed by atoms with Crippen LogP contribution in [0.1, 0.15) is 67.9 Å². The molecule has 0 bridgehead atoms. The molecule has 0 N–H and O–H groups in total. The summed E-state index contributed by atoms with van der Waals surface area (Å²) in [6.07, 6.45) is 0. The lowest BCUT2D eigenvalue weighted by Gasteiger charge is -2.17. The molecule has 120 valence electrons. The Kier molecular flexibility index (Phi) is 5.49. The van der Waals surface area contributed by atoms with Gasteiger partial charge in [-0.3, -0.25) is 4.79 Å². The molecule has 2 nitrogen and oxygen atoms in total. The SMILES string of the molecule is CC(=Nc1c(C(C)C)cccc1C(C)C)C(=O)c1ccccc1. The molecule has 23 heavy (non-hydrogen) atoms. The summed E-state index contributed by atoms with van der Waals surface area (Å²) in [5.41, 5.74) is 4.56. The van der Waals surface area contributed by atoms with Crippen molar-refractivity contribution in [2.24, 2.45) is 4.99 Å². The van der Waals surface area contributed by atoms with Crippen LogP contribution in [0.25, 0.3) is 0 Å². The van der Waals surface area contributed by atoms with Crippen molar-refractivity contribution in [3.63, 3.8) is 0 Å². The summed E-state index contributed by atoms with van der Waals surface area (Å²) in [7, 11) is 0. The van der Waals surface area contributed by atoms with Crippen LogP contribution in [0, 0.1) is 0 Å². The first-order chi connectivity index (χ1) is 10.9. The predicted molar refractivity (Wildman–Crippen MR) is 98.2 cm³/mol. The topological polar surface area (TPSA) is 29.4 Å². The Morgan fingerprint density at radius 2 is 1.35 bits per heavy atom. The second-order valence-electron chi connectivity index (χ2n) is 6.49. The predicted octanol–water partition coefficient (Wildman–Crippen LogP) is 5.91. The van der Waals surface area contributed by atoms with E-state index in [0.29, 0.717) is 23.1 Å². The van der Waals surface area contributed by atoms with Crippen LogP contribution in [0.3, 0.4) is 0 Å². The summed E-state index contributed by atoms with van der Waals surface area (Å²) in [6.45, 7) is 10.4. The van der Waals surface area contributed by atoms with Gasteiger partial charge >= 0.3 is 0 Å².